The number of carbonyl (C=O) groups excluding carboxylic acids is 1. The zero-order valence-corrected chi connectivity index (χ0v) is 12.2. The van der Waals surface area contributed by atoms with E-state index in [9.17, 15) is 9.18 Å². The van der Waals surface area contributed by atoms with Crippen molar-refractivity contribution in [1.29, 1.82) is 0 Å². The summed E-state index contributed by atoms with van der Waals surface area (Å²) in [6, 6.07) is 10.1. The molecule has 0 fully saturated rings. The molecule has 0 bridgehead atoms. The second-order valence-corrected chi connectivity index (χ2v) is 4.88. The molecule has 1 amide bonds. The van der Waals surface area contributed by atoms with Crippen molar-refractivity contribution in [3.05, 3.63) is 66.0 Å². The number of hydrogen-bond acceptors (Lipinski definition) is 3. The minimum Gasteiger partial charge on any atom is -0.454 e. The van der Waals surface area contributed by atoms with E-state index in [4.69, 9.17) is 9.47 Å². The van der Waals surface area contributed by atoms with Crippen molar-refractivity contribution in [2.24, 2.45) is 0 Å². The van der Waals surface area contributed by atoms with E-state index in [-0.39, 0.29) is 12.5 Å². The minimum absolute atomic E-state index is 0.120. The van der Waals surface area contributed by atoms with Crippen LogP contribution in [0.4, 0.5) is 10.1 Å². The van der Waals surface area contributed by atoms with Gasteiger partial charge < -0.3 is 14.8 Å². The van der Waals surface area contributed by atoms with Gasteiger partial charge in [0, 0.05) is 0 Å². The van der Waals surface area contributed by atoms with Crippen molar-refractivity contribution in [1.82, 2.24) is 0 Å². The number of halogens is 1. The van der Waals surface area contributed by atoms with E-state index in [0.29, 0.717) is 11.3 Å². The molecule has 1 aliphatic heterocycles. The Morgan fingerprint density at radius 1 is 1.09 bits per heavy atom. The molecule has 0 spiro atoms. The quantitative estimate of drug-likeness (QED) is 0.689. The highest BCUT2D eigenvalue weighted by Crippen LogP contribution is 2.33. The molecular weight excluding hydrogens is 297 g/mol. The largest absolute Gasteiger partial charge is 0.454 e. The molecule has 5 heteroatoms. The highest BCUT2D eigenvalue weighted by Gasteiger charge is 2.12. The van der Waals surface area contributed by atoms with Crippen LogP contribution in [0.3, 0.4) is 0 Å². The Morgan fingerprint density at radius 3 is 2.52 bits per heavy atom. The highest BCUT2D eigenvalue weighted by atomic mass is 19.1. The summed E-state index contributed by atoms with van der Waals surface area (Å²) in [6.45, 7) is 3.55. The van der Waals surface area contributed by atoms with Crippen LogP contribution in [0.1, 0.15) is 11.1 Å². The fraction of sp³-hybridized carbons (Fsp3) is 0.0556. The average Bonchev–Trinajstić information content (AvgIpc) is 3.02. The molecule has 1 N–H and O–H groups in total. The van der Waals surface area contributed by atoms with Gasteiger partial charge in [-0.1, -0.05) is 30.9 Å². The molecule has 3 rings (SSSR count). The van der Waals surface area contributed by atoms with Crippen LogP contribution in [0.5, 0.6) is 11.5 Å². The number of amides is 1. The first-order valence-electron chi connectivity index (χ1n) is 6.96. The SMILES string of the molecule is C=CC(=O)Nc1ccc(/C=C/c2ccc3c(c2)OCO3)cc1F. The molecule has 0 aliphatic carbocycles. The predicted molar refractivity (Wildman–Crippen MR) is 86.7 cm³/mol. The first kappa shape index (κ1) is 14.8. The summed E-state index contributed by atoms with van der Waals surface area (Å²) in [6.07, 6.45) is 4.71. The summed E-state index contributed by atoms with van der Waals surface area (Å²) in [5.41, 5.74) is 1.71. The number of fused-ring (bicyclic) bond motifs is 1. The second-order valence-electron chi connectivity index (χ2n) is 4.88. The van der Waals surface area contributed by atoms with Crippen molar-refractivity contribution in [3.63, 3.8) is 0 Å². The number of benzene rings is 2. The zero-order chi connectivity index (χ0) is 16.2. The lowest BCUT2D eigenvalue weighted by Gasteiger charge is -2.04. The number of hydrogen-bond donors (Lipinski definition) is 1. The van der Waals surface area contributed by atoms with Crippen LogP contribution in [0.2, 0.25) is 0 Å². The third-order valence-electron chi connectivity index (χ3n) is 3.30. The Balaban J connectivity index is 1.76. The van der Waals surface area contributed by atoms with Gasteiger partial charge in [-0.25, -0.2) is 4.39 Å². The number of anilines is 1. The Morgan fingerprint density at radius 2 is 1.78 bits per heavy atom. The number of ether oxygens (including phenoxy) is 2. The fourth-order valence-corrected chi connectivity index (χ4v) is 2.13. The molecule has 0 aromatic heterocycles. The van der Waals surface area contributed by atoms with Crippen molar-refractivity contribution in [2.75, 3.05) is 12.1 Å². The average molecular weight is 311 g/mol. The van der Waals surface area contributed by atoms with Crippen molar-refractivity contribution < 1.29 is 18.7 Å². The van der Waals surface area contributed by atoms with Crippen molar-refractivity contribution in [3.8, 4) is 11.5 Å². The molecular formula is C18H14FNO3. The Kier molecular flexibility index (Phi) is 4.10. The number of rotatable bonds is 4. The topological polar surface area (TPSA) is 47.6 Å². The monoisotopic (exact) mass is 311 g/mol. The Labute approximate surface area is 132 Å². The third-order valence-corrected chi connectivity index (χ3v) is 3.30. The van der Waals surface area contributed by atoms with Gasteiger partial charge in [0.1, 0.15) is 5.82 Å². The summed E-state index contributed by atoms with van der Waals surface area (Å²) >= 11 is 0. The van der Waals surface area contributed by atoms with Gasteiger partial charge >= 0.3 is 0 Å². The molecule has 0 radical (unpaired) electrons. The van der Waals surface area contributed by atoms with Gasteiger partial charge in [0.25, 0.3) is 0 Å². The summed E-state index contributed by atoms with van der Waals surface area (Å²) in [5, 5.41) is 2.40. The summed E-state index contributed by atoms with van der Waals surface area (Å²) in [4.78, 5) is 11.2. The van der Waals surface area contributed by atoms with Gasteiger partial charge in [0.05, 0.1) is 5.69 Å². The minimum atomic E-state index is -0.506. The molecule has 0 atom stereocenters. The summed E-state index contributed by atoms with van der Waals surface area (Å²) in [7, 11) is 0. The van der Waals surface area contributed by atoms with Crippen LogP contribution in [-0.2, 0) is 4.79 Å². The molecule has 1 aliphatic rings. The second kappa shape index (κ2) is 6.36. The molecule has 2 aromatic rings. The smallest absolute Gasteiger partial charge is 0.247 e. The van der Waals surface area contributed by atoms with E-state index in [1.54, 1.807) is 12.1 Å². The van der Waals surface area contributed by atoms with Gasteiger partial charge in [-0.2, -0.15) is 0 Å². The van der Waals surface area contributed by atoms with E-state index in [2.05, 4.69) is 11.9 Å². The van der Waals surface area contributed by atoms with Gasteiger partial charge in [-0.3, -0.25) is 4.79 Å². The van der Waals surface area contributed by atoms with E-state index >= 15 is 0 Å². The maximum Gasteiger partial charge on any atom is 0.247 e. The summed E-state index contributed by atoms with van der Waals surface area (Å²) in [5.74, 6) is 0.455. The van der Waals surface area contributed by atoms with Gasteiger partial charge in [-0.05, 0) is 41.5 Å². The molecule has 0 unspecified atom stereocenters. The van der Waals surface area contributed by atoms with Crippen molar-refractivity contribution in [2.45, 2.75) is 0 Å². The van der Waals surface area contributed by atoms with Crippen LogP contribution in [0.25, 0.3) is 12.2 Å². The van der Waals surface area contributed by atoms with Gasteiger partial charge in [0.2, 0.25) is 12.7 Å². The van der Waals surface area contributed by atoms with Crippen molar-refractivity contribution >= 4 is 23.7 Å². The van der Waals surface area contributed by atoms with Crippen LogP contribution in [0, 0.1) is 5.82 Å². The molecule has 4 nitrogen and oxygen atoms in total. The zero-order valence-electron chi connectivity index (χ0n) is 12.2. The molecule has 1 heterocycles. The van der Waals surface area contributed by atoms with E-state index in [1.807, 2.05) is 24.3 Å². The third kappa shape index (κ3) is 3.40. The van der Waals surface area contributed by atoms with Crippen LogP contribution >= 0.6 is 0 Å². The highest BCUT2D eigenvalue weighted by molar-refractivity contribution is 5.99. The molecule has 0 saturated heterocycles. The maximum absolute atomic E-state index is 13.9. The summed E-state index contributed by atoms with van der Waals surface area (Å²) < 4.78 is 24.5. The van der Waals surface area contributed by atoms with Crippen LogP contribution in [-0.4, -0.2) is 12.7 Å². The Hall–Kier alpha value is -3.08. The normalized spacial score (nSPS) is 12.4. The molecule has 0 saturated carbocycles. The van der Waals surface area contributed by atoms with E-state index in [1.165, 1.54) is 12.1 Å². The number of nitrogens with one attached hydrogen (secondary N) is 1. The first-order valence-corrected chi connectivity index (χ1v) is 6.96. The lowest BCUT2D eigenvalue weighted by Crippen LogP contribution is -2.08. The molecule has 23 heavy (non-hydrogen) atoms. The lowest BCUT2D eigenvalue weighted by molar-refractivity contribution is -0.111. The van der Waals surface area contributed by atoms with Gasteiger partial charge in [-0.15, -0.1) is 0 Å². The first-order chi connectivity index (χ1) is 11.2. The van der Waals surface area contributed by atoms with E-state index in [0.717, 1.165) is 17.4 Å². The van der Waals surface area contributed by atoms with Gasteiger partial charge in [0.15, 0.2) is 11.5 Å². The fourth-order valence-electron chi connectivity index (χ4n) is 2.13. The lowest BCUT2D eigenvalue weighted by atomic mass is 10.1. The van der Waals surface area contributed by atoms with E-state index < -0.39 is 11.7 Å². The molecule has 2 aromatic carbocycles. The van der Waals surface area contributed by atoms with Crippen LogP contribution in [0.15, 0.2) is 49.1 Å². The number of carbonyl (C=O) groups is 1. The Bertz CT molecular complexity index is 799. The maximum atomic E-state index is 13.9. The standard InChI is InChI=1S/C18H14FNO3/c1-2-18(21)20-15-7-5-12(9-14(15)19)3-4-13-6-8-16-17(10-13)23-11-22-16/h2-10H,1,11H2,(H,20,21)/b4-3+. The van der Waals surface area contributed by atoms with Crippen LogP contribution < -0.4 is 14.8 Å². The molecule has 116 valence electrons. The predicted octanol–water partition coefficient (Wildman–Crippen LogP) is 3.85.